The molecule has 1 aromatic carbocycles. The summed E-state index contributed by atoms with van der Waals surface area (Å²) in [6, 6.07) is 5.51. The summed E-state index contributed by atoms with van der Waals surface area (Å²) in [6.45, 7) is 3.96. The lowest BCUT2D eigenvalue weighted by Gasteiger charge is -2.19. The smallest absolute Gasteiger partial charge is 0.315 e. The van der Waals surface area contributed by atoms with E-state index in [9.17, 15) is 9.18 Å². The summed E-state index contributed by atoms with van der Waals surface area (Å²) in [4.78, 5) is 16.2. The van der Waals surface area contributed by atoms with Crippen LogP contribution in [0.25, 0.3) is 0 Å². The minimum absolute atomic E-state index is 0.116. The average molecular weight is 337 g/mol. The molecule has 1 heterocycles. The fourth-order valence-corrected chi connectivity index (χ4v) is 2.76. The Kier molecular flexibility index (Phi) is 6.34. The van der Waals surface area contributed by atoms with Gasteiger partial charge < -0.3 is 15.4 Å². The SMILES string of the molecule is CCC(NC(=O)NC(C)COc1ccccc1F)c1nccs1. The summed E-state index contributed by atoms with van der Waals surface area (Å²) in [6.07, 6.45) is 2.47. The highest BCUT2D eigenvalue weighted by molar-refractivity contribution is 7.09. The normalized spacial score (nSPS) is 13.2. The predicted octanol–water partition coefficient (Wildman–Crippen LogP) is 3.50. The number of aromatic nitrogens is 1. The van der Waals surface area contributed by atoms with Crippen LogP contribution in [0.4, 0.5) is 9.18 Å². The topological polar surface area (TPSA) is 63.2 Å². The molecule has 2 N–H and O–H groups in total. The van der Waals surface area contributed by atoms with Gasteiger partial charge in [0, 0.05) is 11.6 Å². The molecule has 23 heavy (non-hydrogen) atoms. The molecule has 0 saturated carbocycles. The Morgan fingerprint density at radius 1 is 1.39 bits per heavy atom. The monoisotopic (exact) mass is 337 g/mol. The third-order valence-corrected chi connectivity index (χ3v) is 4.06. The summed E-state index contributed by atoms with van der Waals surface area (Å²) in [5.41, 5.74) is 0. The number of carbonyl (C=O) groups excluding carboxylic acids is 1. The lowest BCUT2D eigenvalue weighted by atomic mass is 10.2. The Balaban J connectivity index is 1.79. The van der Waals surface area contributed by atoms with E-state index in [4.69, 9.17) is 4.74 Å². The van der Waals surface area contributed by atoms with Crippen LogP contribution in [0.2, 0.25) is 0 Å². The van der Waals surface area contributed by atoms with Crippen LogP contribution in [0.15, 0.2) is 35.8 Å². The Morgan fingerprint density at radius 3 is 2.83 bits per heavy atom. The quantitative estimate of drug-likeness (QED) is 0.813. The van der Waals surface area contributed by atoms with Crippen LogP contribution >= 0.6 is 11.3 Å². The van der Waals surface area contributed by atoms with Gasteiger partial charge in [-0.25, -0.2) is 14.2 Å². The number of urea groups is 1. The average Bonchev–Trinajstić information content (AvgIpc) is 3.06. The van der Waals surface area contributed by atoms with Gasteiger partial charge >= 0.3 is 6.03 Å². The molecule has 2 amide bonds. The second kappa shape index (κ2) is 8.47. The molecule has 0 fully saturated rings. The van der Waals surface area contributed by atoms with Crippen LogP contribution in [-0.2, 0) is 0 Å². The first-order valence-corrected chi connectivity index (χ1v) is 8.31. The third kappa shape index (κ3) is 5.21. The minimum Gasteiger partial charge on any atom is -0.488 e. The molecule has 2 aromatic rings. The molecular weight excluding hydrogens is 317 g/mol. The largest absolute Gasteiger partial charge is 0.488 e. The van der Waals surface area contributed by atoms with Crippen molar-refractivity contribution in [3.63, 3.8) is 0 Å². The van der Waals surface area contributed by atoms with Crippen molar-refractivity contribution in [2.45, 2.75) is 32.4 Å². The van der Waals surface area contributed by atoms with Gasteiger partial charge in [-0.15, -0.1) is 11.3 Å². The Morgan fingerprint density at radius 2 is 2.17 bits per heavy atom. The number of halogens is 1. The van der Waals surface area contributed by atoms with Crippen LogP contribution in [0.3, 0.4) is 0 Å². The fourth-order valence-electron chi connectivity index (χ4n) is 1.99. The van der Waals surface area contributed by atoms with Crippen molar-refractivity contribution in [2.24, 2.45) is 0 Å². The summed E-state index contributed by atoms with van der Waals surface area (Å²) in [7, 11) is 0. The fraction of sp³-hybridized carbons (Fsp3) is 0.375. The Labute approximate surface area is 138 Å². The van der Waals surface area contributed by atoms with Gasteiger partial charge in [0.1, 0.15) is 11.6 Å². The maximum absolute atomic E-state index is 13.4. The first-order valence-electron chi connectivity index (χ1n) is 7.44. The number of benzene rings is 1. The molecule has 7 heteroatoms. The Hall–Kier alpha value is -2.15. The number of nitrogens with one attached hydrogen (secondary N) is 2. The second-order valence-corrected chi connectivity index (χ2v) is 6.02. The maximum Gasteiger partial charge on any atom is 0.315 e. The van der Waals surface area contributed by atoms with Crippen LogP contribution < -0.4 is 15.4 Å². The highest BCUT2D eigenvalue weighted by Crippen LogP contribution is 2.18. The highest BCUT2D eigenvalue weighted by atomic mass is 32.1. The Bertz CT molecular complexity index is 622. The minimum atomic E-state index is -0.418. The zero-order valence-corrected chi connectivity index (χ0v) is 13.9. The number of rotatable bonds is 7. The molecule has 0 aliphatic heterocycles. The number of amides is 2. The van der Waals surface area contributed by atoms with Gasteiger partial charge in [-0.3, -0.25) is 0 Å². The summed E-state index contributed by atoms with van der Waals surface area (Å²) in [5, 5.41) is 8.40. The molecule has 2 unspecified atom stereocenters. The molecule has 2 rings (SSSR count). The molecule has 0 aliphatic carbocycles. The van der Waals surface area contributed by atoms with Gasteiger partial charge in [0.2, 0.25) is 0 Å². The van der Waals surface area contributed by atoms with E-state index in [0.717, 1.165) is 11.4 Å². The number of ether oxygens (including phenoxy) is 1. The lowest BCUT2D eigenvalue weighted by molar-refractivity contribution is 0.221. The van der Waals surface area contributed by atoms with E-state index in [1.165, 1.54) is 17.4 Å². The van der Waals surface area contributed by atoms with Crippen molar-refractivity contribution in [3.05, 3.63) is 46.7 Å². The van der Waals surface area contributed by atoms with Crippen molar-refractivity contribution in [1.82, 2.24) is 15.6 Å². The van der Waals surface area contributed by atoms with Crippen molar-refractivity contribution in [2.75, 3.05) is 6.61 Å². The van der Waals surface area contributed by atoms with E-state index >= 15 is 0 Å². The second-order valence-electron chi connectivity index (χ2n) is 5.09. The first-order chi connectivity index (χ1) is 11.1. The molecule has 1 aromatic heterocycles. The lowest BCUT2D eigenvalue weighted by Crippen LogP contribution is -2.44. The first kappa shape index (κ1) is 17.2. The number of hydrogen-bond acceptors (Lipinski definition) is 4. The van der Waals surface area contributed by atoms with E-state index in [1.807, 2.05) is 12.3 Å². The van der Waals surface area contributed by atoms with E-state index in [2.05, 4.69) is 15.6 Å². The van der Waals surface area contributed by atoms with Gasteiger partial charge in [0.05, 0.1) is 12.1 Å². The molecule has 0 saturated heterocycles. The summed E-state index contributed by atoms with van der Waals surface area (Å²) >= 11 is 1.51. The van der Waals surface area contributed by atoms with Crippen LogP contribution in [0.5, 0.6) is 5.75 Å². The molecule has 0 bridgehead atoms. The van der Waals surface area contributed by atoms with Crippen molar-refractivity contribution >= 4 is 17.4 Å². The van der Waals surface area contributed by atoms with E-state index in [-0.39, 0.29) is 30.5 Å². The number of nitrogens with zero attached hydrogens (tertiary/aromatic N) is 1. The third-order valence-electron chi connectivity index (χ3n) is 3.17. The van der Waals surface area contributed by atoms with Gasteiger partial charge in [0.25, 0.3) is 0 Å². The summed E-state index contributed by atoms with van der Waals surface area (Å²) in [5.74, 6) is -0.241. The predicted molar refractivity (Wildman–Crippen MR) is 88.2 cm³/mol. The number of carbonyl (C=O) groups is 1. The van der Waals surface area contributed by atoms with Crippen LogP contribution in [-0.4, -0.2) is 23.7 Å². The van der Waals surface area contributed by atoms with Gasteiger partial charge in [-0.05, 0) is 25.5 Å². The maximum atomic E-state index is 13.4. The molecular formula is C16H20FN3O2S. The zero-order chi connectivity index (χ0) is 16.7. The highest BCUT2D eigenvalue weighted by Gasteiger charge is 2.16. The van der Waals surface area contributed by atoms with Gasteiger partial charge in [-0.2, -0.15) is 0 Å². The van der Waals surface area contributed by atoms with Gasteiger partial charge in [-0.1, -0.05) is 19.1 Å². The van der Waals surface area contributed by atoms with E-state index in [0.29, 0.717) is 0 Å². The number of para-hydroxylation sites is 1. The van der Waals surface area contributed by atoms with Crippen LogP contribution in [0.1, 0.15) is 31.3 Å². The van der Waals surface area contributed by atoms with Crippen molar-refractivity contribution in [3.8, 4) is 5.75 Å². The molecule has 2 atom stereocenters. The molecule has 124 valence electrons. The molecule has 0 radical (unpaired) electrons. The number of hydrogen-bond donors (Lipinski definition) is 2. The molecule has 0 spiro atoms. The van der Waals surface area contributed by atoms with E-state index in [1.54, 1.807) is 31.3 Å². The van der Waals surface area contributed by atoms with Crippen LogP contribution in [0, 0.1) is 5.82 Å². The summed E-state index contributed by atoms with van der Waals surface area (Å²) < 4.78 is 18.8. The zero-order valence-electron chi connectivity index (χ0n) is 13.1. The standard InChI is InChI=1S/C16H20FN3O2S/c1-3-13(15-18-8-9-23-15)20-16(21)19-11(2)10-22-14-7-5-4-6-12(14)17/h4-9,11,13H,3,10H2,1-2H3,(H2,19,20,21). The van der Waals surface area contributed by atoms with E-state index < -0.39 is 5.82 Å². The van der Waals surface area contributed by atoms with Crippen molar-refractivity contribution in [1.29, 1.82) is 0 Å². The van der Waals surface area contributed by atoms with Crippen molar-refractivity contribution < 1.29 is 13.9 Å². The molecule has 0 aliphatic rings. The number of thiazole rings is 1. The van der Waals surface area contributed by atoms with Gasteiger partial charge in [0.15, 0.2) is 11.6 Å². The molecule has 5 nitrogen and oxygen atoms in total.